The Labute approximate surface area is 182 Å². The Bertz CT molecular complexity index is 1300. The zero-order valence-electron chi connectivity index (χ0n) is 16.8. The number of Topliss-reactive ketones (excluding diaryl/α,β-unsaturated/α-hetero) is 1. The zero-order valence-corrected chi connectivity index (χ0v) is 17.6. The molecule has 1 aliphatic heterocycles. The number of ketones is 1. The number of hydrogen-bond donors (Lipinski definition) is 1. The first-order valence-electron chi connectivity index (χ1n) is 9.98. The molecule has 1 atom stereocenters. The van der Waals surface area contributed by atoms with E-state index in [4.69, 9.17) is 0 Å². The molecule has 2 aromatic heterocycles. The van der Waals surface area contributed by atoms with Crippen LogP contribution in [-0.2, 0) is 11.2 Å². The van der Waals surface area contributed by atoms with Gasteiger partial charge in [0.05, 0.1) is 22.5 Å². The number of amides is 1. The number of nitrogens with zero attached hydrogens (tertiary/aromatic N) is 4. The maximum absolute atomic E-state index is 13.1. The van der Waals surface area contributed by atoms with Crippen molar-refractivity contribution in [2.45, 2.75) is 30.0 Å². The topological polar surface area (TPSA) is 89.8 Å². The first-order valence-corrected chi connectivity index (χ1v) is 10.9. The summed E-state index contributed by atoms with van der Waals surface area (Å²) in [5.74, 6) is 0.0336. The average Bonchev–Trinajstić information content (AvgIpc) is 3.24. The highest BCUT2D eigenvalue weighted by molar-refractivity contribution is 8.00. The molecule has 0 spiro atoms. The number of para-hydroxylation sites is 1. The van der Waals surface area contributed by atoms with Gasteiger partial charge in [0.25, 0.3) is 0 Å². The molecule has 7 nitrogen and oxygen atoms in total. The Morgan fingerprint density at radius 2 is 1.97 bits per heavy atom. The lowest BCUT2D eigenvalue weighted by atomic mass is 9.98. The van der Waals surface area contributed by atoms with Gasteiger partial charge in [0, 0.05) is 17.7 Å². The van der Waals surface area contributed by atoms with Gasteiger partial charge in [-0.3, -0.25) is 9.59 Å². The molecule has 1 unspecified atom stereocenters. The van der Waals surface area contributed by atoms with E-state index in [9.17, 15) is 9.59 Å². The second kappa shape index (κ2) is 7.96. The van der Waals surface area contributed by atoms with Crippen molar-refractivity contribution < 1.29 is 9.59 Å². The molecule has 1 N–H and O–H groups in total. The number of rotatable bonds is 5. The van der Waals surface area contributed by atoms with E-state index in [1.165, 1.54) is 18.1 Å². The van der Waals surface area contributed by atoms with Gasteiger partial charge in [-0.1, -0.05) is 30.0 Å². The fourth-order valence-corrected chi connectivity index (χ4v) is 4.62. The lowest BCUT2D eigenvalue weighted by Crippen LogP contribution is -2.20. The molecule has 1 amide bonds. The summed E-state index contributed by atoms with van der Waals surface area (Å²) >= 11 is 1.40. The van der Waals surface area contributed by atoms with Gasteiger partial charge in [-0.15, -0.1) is 0 Å². The molecule has 0 radical (unpaired) electrons. The SMILES string of the molecule is CC(Sc1ncnc2c1cnn2-c1ccccc1)C(=O)c1ccc2c(c1)CCC(=O)N2. The minimum atomic E-state index is -0.339. The second-order valence-corrected chi connectivity index (χ2v) is 8.68. The van der Waals surface area contributed by atoms with E-state index in [1.807, 2.05) is 49.4 Å². The number of carbonyl (C=O) groups is 2. The van der Waals surface area contributed by atoms with Crippen LogP contribution in [0.1, 0.15) is 29.3 Å². The van der Waals surface area contributed by atoms with Crippen molar-refractivity contribution in [3.8, 4) is 5.69 Å². The molecule has 8 heteroatoms. The number of anilines is 1. The molecule has 0 saturated carbocycles. The van der Waals surface area contributed by atoms with E-state index in [-0.39, 0.29) is 16.9 Å². The van der Waals surface area contributed by atoms with Gasteiger partial charge in [0.1, 0.15) is 11.4 Å². The molecule has 3 heterocycles. The van der Waals surface area contributed by atoms with Crippen LogP contribution in [0.25, 0.3) is 16.7 Å². The summed E-state index contributed by atoms with van der Waals surface area (Å²) in [5, 5.41) is 8.51. The van der Waals surface area contributed by atoms with E-state index in [0.29, 0.717) is 24.1 Å². The number of benzene rings is 2. The molecule has 0 bridgehead atoms. The quantitative estimate of drug-likeness (QED) is 0.292. The highest BCUT2D eigenvalue weighted by Gasteiger charge is 2.22. The molecule has 5 rings (SSSR count). The van der Waals surface area contributed by atoms with Crippen molar-refractivity contribution in [3.05, 3.63) is 72.2 Å². The van der Waals surface area contributed by atoms with Gasteiger partial charge in [0.2, 0.25) is 5.91 Å². The first-order chi connectivity index (χ1) is 15.1. The van der Waals surface area contributed by atoms with Crippen LogP contribution < -0.4 is 5.32 Å². The van der Waals surface area contributed by atoms with E-state index < -0.39 is 0 Å². The van der Waals surface area contributed by atoms with Gasteiger partial charge in [-0.05, 0) is 49.2 Å². The van der Waals surface area contributed by atoms with Crippen molar-refractivity contribution in [2.24, 2.45) is 0 Å². The van der Waals surface area contributed by atoms with E-state index in [2.05, 4.69) is 20.4 Å². The summed E-state index contributed by atoms with van der Waals surface area (Å²) in [4.78, 5) is 33.5. The van der Waals surface area contributed by atoms with Gasteiger partial charge >= 0.3 is 0 Å². The smallest absolute Gasteiger partial charge is 0.224 e. The number of aryl methyl sites for hydroxylation is 1. The monoisotopic (exact) mass is 429 g/mol. The molecular formula is C23H19N5O2S. The van der Waals surface area contributed by atoms with E-state index in [0.717, 1.165) is 27.4 Å². The normalized spacial score (nSPS) is 14.2. The van der Waals surface area contributed by atoms with E-state index in [1.54, 1.807) is 16.9 Å². The van der Waals surface area contributed by atoms with Crippen molar-refractivity contribution in [3.63, 3.8) is 0 Å². The Hall–Kier alpha value is -3.52. The van der Waals surface area contributed by atoms with Gasteiger partial charge in [-0.2, -0.15) is 5.10 Å². The van der Waals surface area contributed by atoms with Crippen molar-refractivity contribution in [1.29, 1.82) is 0 Å². The third-order valence-electron chi connectivity index (χ3n) is 5.27. The highest BCUT2D eigenvalue weighted by atomic mass is 32.2. The number of nitrogens with one attached hydrogen (secondary N) is 1. The molecule has 31 heavy (non-hydrogen) atoms. The lowest BCUT2D eigenvalue weighted by Gasteiger charge is -2.18. The maximum atomic E-state index is 13.1. The number of thioether (sulfide) groups is 1. The van der Waals surface area contributed by atoms with Crippen LogP contribution in [0.2, 0.25) is 0 Å². The lowest BCUT2D eigenvalue weighted by molar-refractivity contribution is -0.116. The summed E-state index contributed by atoms with van der Waals surface area (Å²) in [5.41, 5.74) is 4.04. The van der Waals surface area contributed by atoms with Crippen LogP contribution >= 0.6 is 11.8 Å². The van der Waals surface area contributed by atoms with Gasteiger partial charge in [0.15, 0.2) is 11.4 Å². The Kier molecular flexibility index (Phi) is 4.99. The summed E-state index contributed by atoms with van der Waals surface area (Å²) in [7, 11) is 0. The first kappa shape index (κ1) is 19.4. The molecule has 154 valence electrons. The predicted molar refractivity (Wildman–Crippen MR) is 120 cm³/mol. The van der Waals surface area contributed by atoms with Gasteiger partial charge in [-0.25, -0.2) is 14.6 Å². The molecule has 1 aliphatic rings. The van der Waals surface area contributed by atoms with Crippen LogP contribution in [0.5, 0.6) is 0 Å². The summed E-state index contributed by atoms with van der Waals surface area (Å²) in [6.07, 6.45) is 4.34. The number of aromatic nitrogens is 4. The van der Waals surface area contributed by atoms with Crippen LogP contribution in [0.15, 0.2) is 66.1 Å². The zero-order chi connectivity index (χ0) is 21.4. The Balaban J connectivity index is 1.40. The number of carbonyl (C=O) groups excluding carboxylic acids is 2. The number of fused-ring (bicyclic) bond motifs is 2. The minimum Gasteiger partial charge on any atom is -0.326 e. The van der Waals surface area contributed by atoms with E-state index >= 15 is 0 Å². The highest BCUT2D eigenvalue weighted by Crippen LogP contribution is 2.31. The molecule has 0 fully saturated rings. The number of hydrogen-bond acceptors (Lipinski definition) is 6. The predicted octanol–water partition coefficient (Wildman–Crippen LogP) is 4.06. The standard InChI is InChI=1S/C23H19N5O2S/c1-14(21(30)16-7-9-19-15(11-16)8-10-20(29)27-19)31-23-18-12-26-28(22(18)24-13-25-23)17-5-3-2-4-6-17/h2-7,9,11-14H,8,10H2,1H3,(H,27,29). The van der Waals surface area contributed by atoms with Crippen molar-refractivity contribution in [1.82, 2.24) is 19.7 Å². The van der Waals surface area contributed by atoms with Gasteiger partial charge < -0.3 is 5.32 Å². The Morgan fingerprint density at radius 1 is 1.13 bits per heavy atom. The molecule has 0 saturated heterocycles. The molecule has 2 aromatic carbocycles. The second-order valence-electron chi connectivity index (χ2n) is 7.35. The largest absolute Gasteiger partial charge is 0.326 e. The summed E-state index contributed by atoms with van der Waals surface area (Å²) in [6, 6.07) is 15.2. The third kappa shape index (κ3) is 3.70. The van der Waals surface area contributed by atoms with Crippen LogP contribution in [-0.4, -0.2) is 36.7 Å². The third-order valence-corrected chi connectivity index (χ3v) is 6.39. The van der Waals surface area contributed by atoms with Crippen LogP contribution in [0.4, 0.5) is 5.69 Å². The summed E-state index contributed by atoms with van der Waals surface area (Å²) in [6.45, 7) is 1.88. The fourth-order valence-electron chi connectivity index (χ4n) is 3.67. The maximum Gasteiger partial charge on any atom is 0.224 e. The minimum absolute atomic E-state index is 0.0133. The van der Waals surface area contributed by atoms with Crippen molar-refractivity contribution in [2.75, 3.05) is 5.32 Å². The summed E-state index contributed by atoms with van der Waals surface area (Å²) < 4.78 is 1.77. The molecule has 4 aromatic rings. The van der Waals surface area contributed by atoms with Crippen LogP contribution in [0, 0.1) is 0 Å². The van der Waals surface area contributed by atoms with Crippen LogP contribution in [0.3, 0.4) is 0 Å². The molecular weight excluding hydrogens is 410 g/mol. The Morgan fingerprint density at radius 3 is 2.81 bits per heavy atom. The molecule has 0 aliphatic carbocycles. The fraction of sp³-hybridized carbons (Fsp3) is 0.174. The average molecular weight is 430 g/mol. The van der Waals surface area contributed by atoms with Crippen molar-refractivity contribution >= 4 is 40.2 Å².